The van der Waals surface area contributed by atoms with Crippen LogP contribution in [0, 0.1) is 13.8 Å². The number of hydrogen-bond acceptors (Lipinski definition) is 9. The van der Waals surface area contributed by atoms with E-state index < -0.39 is 11.4 Å². The third-order valence-electron chi connectivity index (χ3n) is 6.02. The number of carbonyl (C=O) groups excluding carboxylic acids is 1. The summed E-state index contributed by atoms with van der Waals surface area (Å²) in [6.45, 7) is 3.72. The van der Waals surface area contributed by atoms with Crippen molar-refractivity contribution >= 4 is 16.9 Å². The molecule has 198 valence electrons. The third kappa shape index (κ3) is 4.70. The van der Waals surface area contributed by atoms with Gasteiger partial charge in [0, 0.05) is 5.56 Å². The number of aryl methyl sites for hydroxylation is 2. The van der Waals surface area contributed by atoms with Gasteiger partial charge in [0.15, 0.2) is 28.8 Å². The van der Waals surface area contributed by atoms with Crippen LogP contribution in [0.2, 0.25) is 0 Å². The first-order valence-electron chi connectivity index (χ1n) is 11.6. The first-order chi connectivity index (χ1) is 18.3. The Hall–Kier alpha value is -4.66. The molecular formula is C29H28O9. The second kappa shape index (κ2) is 10.8. The smallest absolute Gasteiger partial charge is 0.344 e. The van der Waals surface area contributed by atoms with Crippen molar-refractivity contribution in [1.82, 2.24) is 0 Å². The van der Waals surface area contributed by atoms with Gasteiger partial charge in [-0.3, -0.25) is 4.79 Å². The van der Waals surface area contributed by atoms with Crippen molar-refractivity contribution in [3.05, 3.63) is 69.4 Å². The number of carbonyl (C=O) groups is 1. The summed E-state index contributed by atoms with van der Waals surface area (Å²) in [5.41, 5.74) is 2.05. The van der Waals surface area contributed by atoms with Crippen LogP contribution in [-0.4, -0.2) is 41.5 Å². The molecule has 3 aromatic carbocycles. The van der Waals surface area contributed by atoms with Crippen molar-refractivity contribution < 1.29 is 37.6 Å². The predicted octanol–water partition coefficient (Wildman–Crippen LogP) is 5.34. The Balaban J connectivity index is 1.94. The highest BCUT2D eigenvalue weighted by Gasteiger charge is 2.25. The van der Waals surface area contributed by atoms with Gasteiger partial charge in [-0.1, -0.05) is 6.07 Å². The van der Waals surface area contributed by atoms with Gasteiger partial charge in [0.1, 0.15) is 5.58 Å². The van der Waals surface area contributed by atoms with E-state index in [1.165, 1.54) is 47.7 Å². The Morgan fingerprint density at radius 2 is 1.34 bits per heavy atom. The average molecular weight is 521 g/mol. The largest absolute Gasteiger partial charge is 0.493 e. The Kier molecular flexibility index (Phi) is 7.47. The minimum atomic E-state index is -0.818. The van der Waals surface area contributed by atoms with E-state index in [2.05, 4.69) is 0 Å². The maximum absolute atomic E-state index is 13.8. The molecule has 9 heteroatoms. The fourth-order valence-electron chi connectivity index (χ4n) is 4.24. The van der Waals surface area contributed by atoms with E-state index in [-0.39, 0.29) is 28.6 Å². The van der Waals surface area contributed by atoms with Gasteiger partial charge in [0.2, 0.25) is 16.9 Å². The van der Waals surface area contributed by atoms with Crippen LogP contribution < -0.4 is 33.8 Å². The molecule has 0 radical (unpaired) electrons. The molecule has 1 aromatic heterocycles. The second-order valence-electron chi connectivity index (χ2n) is 8.42. The fourth-order valence-corrected chi connectivity index (χ4v) is 4.24. The van der Waals surface area contributed by atoms with Gasteiger partial charge in [0.25, 0.3) is 0 Å². The van der Waals surface area contributed by atoms with Crippen LogP contribution >= 0.6 is 0 Å². The molecule has 0 amide bonds. The van der Waals surface area contributed by atoms with E-state index in [1.54, 1.807) is 24.3 Å². The summed E-state index contributed by atoms with van der Waals surface area (Å²) < 4.78 is 38.8. The van der Waals surface area contributed by atoms with Crippen LogP contribution in [0.1, 0.15) is 21.5 Å². The van der Waals surface area contributed by atoms with Gasteiger partial charge in [-0.15, -0.1) is 0 Å². The molecule has 38 heavy (non-hydrogen) atoms. The first kappa shape index (κ1) is 26.4. The van der Waals surface area contributed by atoms with E-state index >= 15 is 0 Å². The van der Waals surface area contributed by atoms with E-state index in [9.17, 15) is 9.59 Å². The zero-order chi connectivity index (χ0) is 27.6. The predicted molar refractivity (Wildman–Crippen MR) is 142 cm³/mol. The molecule has 0 saturated carbocycles. The molecule has 4 aromatic rings. The average Bonchev–Trinajstić information content (AvgIpc) is 2.93. The number of rotatable bonds is 8. The molecule has 0 atom stereocenters. The maximum Gasteiger partial charge on any atom is 0.344 e. The van der Waals surface area contributed by atoms with Crippen LogP contribution in [0.3, 0.4) is 0 Å². The van der Waals surface area contributed by atoms with Crippen LogP contribution in [0.25, 0.3) is 22.3 Å². The van der Waals surface area contributed by atoms with E-state index in [1.807, 2.05) is 19.9 Å². The highest BCUT2D eigenvalue weighted by atomic mass is 16.5. The van der Waals surface area contributed by atoms with E-state index in [0.29, 0.717) is 33.8 Å². The number of benzene rings is 3. The van der Waals surface area contributed by atoms with Crippen LogP contribution in [-0.2, 0) is 0 Å². The van der Waals surface area contributed by atoms with Crippen molar-refractivity contribution in [2.24, 2.45) is 0 Å². The Labute approximate surface area is 219 Å². The summed E-state index contributed by atoms with van der Waals surface area (Å²) in [5, 5.41) is 0.291. The van der Waals surface area contributed by atoms with Gasteiger partial charge in [-0.05, 0) is 61.4 Å². The molecule has 0 fully saturated rings. The molecule has 0 aliphatic rings. The van der Waals surface area contributed by atoms with Gasteiger partial charge in [-0.2, -0.15) is 0 Å². The Morgan fingerprint density at radius 1 is 0.711 bits per heavy atom. The molecule has 0 bridgehead atoms. The van der Waals surface area contributed by atoms with E-state index in [4.69, 9.17) is 32.8 Å². The molecule has 9 nitrogen and oxygen atoms in total. The fraction of sp³-hybridized carbons (Fsp3) is 0.241. The van der Waals surface area contributed by atoms with Crippen LogP contribution in [0.15, 0.2) is 51.7 Å². The highest BCUT2D eigenvalue weighted by Crippen LogP contribution is 2.40. The quantitative estimate of drug-likeness (QED) is 0.285. The Morgan fingerprint density at radius 3 is 1.92 bits per heavy atom. The number of esters is 1. The second-order valence-corrected chi connectivity index (χ2v) is 8.42. The molecule has 0 aliphatic heterocycles. The van der Waals surface area contributed by atoms with Crippen LogP contribution in [0.5, 0.6) is 34.5 Å². The topological polar surface area (TPSA) is 103 Å². The SMILES string of the molecule is COc1ccc(-c2oc3c(C)cc(C)cc3c(=O)c2OC(=O)c2cc(OC)c(OC)c(OC)c2)cc1OC. The van der Waals surface area contributed by atoms with Crippen molar-refractivity contribution in [2.45, 2.75) is 13.8 Å². The molecule has 0 saturated heterocycles. The van der Waals surface area contributed by atoms with Crippen molar-refractivity contribution in [1.29, 1.82) is 0 Å². The first-order valence-corrected chi connectivity index (χ1v) is 11.6. The van der Waals surface area contributed by atoms with Crippen molar-refractivity contribution in [3.63, 3.8) is 0 Å². The molecule has 4 rings (SSSR count). The molecule has 0 aliphatic carbocycles. The monoisotopic (exact) mass is 520 g/mol. The zero-order valence-electron chi connectivity index (χ0n) is 22.2. The van der Waals surface area contributed by atoms with Gasteiger partial charge < -0.3 is 32.8 Å². The minimum absolute atomic E-state index is 0.0659. The molecular weight excluding hydrogens is 492 g/mol. The zero-order valence-corrected chi connectivity index (χ0v) is 22.2. The Bertz CT molecular complexity index is 1560. The van der Waals surface area contributed by atoms with Crippen molar-refractivity contribution in [3.8, 4) is 45.8 Å². The maximum atomic E-state index is 13.8. The standard InChI is InChI=1S/C29H28O9/c1-15-10-16(2)25-19(11-15)24(30)28(26(37-25)17-8-9-20(32-3)21(12-17)33-4)38-29(31)18-13-22(34-5)27(36-7)23(14-18)35-6/h8-14H,1-7H3. The lowest BCUT2D eigenvalue weighted by atomic mass is 10.0. The summed E-state index contributed by atoms with van der Waals surface area (Å²) in [7, 11) is 7.34. The molecule has 0 unspecified atom stereocenters. The van der Waals surface area contributed by atoms with Crippen molar-refractivity contribution in [2.75, 3.05) is 35.5 Å². The van der Waals surface area contributed by atoms with Gasteiger partial charge in [0.05, 0.1) is 46.5 Å². The molecule has 1 heterocycles. The lowest BCUT2D eigenvalue weighted by Crippen LogP contribution is -2.17. The summed E-state index contributed by atoms with van der Waals surface area (Å²) >= 11 is 0. The third-order valence-corrected chi connectivity index (χ3v) is 6.02. The van der Waals surface area contributed by atoms with Gasteiger partial charge >= 0.3 is 5.97 Å². The summed E-state index contributed by atoms with van der Waals surface area (Å²) in [4.78, 5) is 27.1. The lowest BCUT2D eigenvalue weighted by Gasteiger charge is -2.15. The molecule has 0 spiro atoms. The summed E-state index contributed by atoms with van der Waals surface area (Å²) in [6.07, 6.45) is 0. The minimum Gasteiger partial charge on any atom is -0.493 e. The highest BCUT2D eigenvalue weighted by molar-refractivity contribution is 5.94. The number of methoxy groups -OCH3 is 5. The summed E-state index contributed by atoms with van der Waals surface area (Å²) in [6, 6.07) is 11.5. The number of fused-ring (bicyclic) bond motifs is 1. The number of ether oxygens (including phenoxy) is 6. The number of hydrogen-bond donors (Lipinski definition) is 0. The summed E-state index contributed by atoms with van der Waals surface area (Å²) in [5.74, 6) is 0.712. The van der Waals surface area contributed by atoms with E-state index in [0.717, 1.165) is 11.1 Å². The van der Waals surface area contributed by atoms with Gasteiger partial charge in [-0.25, -0.2) is 4.79 Å². The molecule has 0 N–H and O–H groups in total. The van der Waals surface area contributed by atoms with Crippen LogP contribution in [0.4, 0.5) is 0 Å². The normalized spacial score (nSPS) is 10.7. The lowest BCUT2D eigenvalue weighted by molar-refractivity contribution is 0.0730.